The van der Waals surface area contributed by atoms with E-state index in [4.69, 9.17) is 4.74 Å². The Labute approximate surface area is 122 Å². The first kappa shape index (κ1) is 14.0. The van der Waals surface area contributed by atoms with Crippen LogP contribution in [0.1, 0.15) is 24.1 Å². The number of ether oxygens (including phenoxy) is 1. The van der Waals surface area contributed by atoms with Crippen molar-refractivity contribution in [2.45, 2.75) is 19.5 Å². The van der Waals surface area contributed by atoms with Gasteiger partial charge in [0.1, 0.15) is 0 Å². The van der Waals surface area contributed by atoms with Gasteiger partial charge in [-0.05, 0) is 36.2 Å². The molecule has 1 atom stereocenters. The maximum absolute atomic E-state index is 5.12. The van der Waals surface area contributed by atoms with Crippen LogP contribution < -0.4 is 10.1 Å². The molecular weight excluding hydrogens is 304 g/mol. The van der Waals surface area contributed by atoms with Crippen molar-refractivity contribution in [3.05, 3.63) is 58.2 Å². The number of pyridine rings is 1. The molecule has 19 heavy (non-hydrogen) atoms. The second-order valence-corrected chi connectivity index (χ2v) is 5.28. The molecule has 4 heteroatoms. The lowest BCUT2D eigenvalue weighted by Gasteiger charge is -2.14. The summed E-state index contributed by atoms with van der Waals surface area (Å²) in [6, 6.07) is 12.6. The Kier molecular flexibility index (Phi) is 4.93. The van der Waals surface area contributed by atoms with E-state index < -0.39 is 0 Å². The van der Waals surface area contributed by atoms with Crippen LogP contribution in [0.4, 0.5) is 0 Å². The SMILES string of the molecule is COc1cc(CNC(C)c2cccc(Br)c2)ccn1. The minimum atomic E-state index is 0.289. The van der Waals surface area contributed by atoms with Crippen molar-refractivity contribution in [1.82, 2.24) is 10.3 Å². The quantitative estimate of drug-likeness (QED) is 0.912. The van der Waals surface area contributed by atoms with Crippen LogP contribution in [-0.4, -0.2) is 12.1 Å². The van der Waals surface area contributed by atoms with Gasteiger partial charge in [-0.25, -0.2) is 4.98 Å². The molecule has 0 amide bonds. The Balaban J connectivity index is 1.98. The number of nitrogens with zero attached hydrogens (tertiary/aromatic N) is 1. The van der Waals surface area contributed by atoms with Crippen LogP contribution in [0.3, 0.4) is 0 Å². The van der Waals surface area contributed by atoms with Gasteiger partial charge in [-0.1, -0.05) is 28.1 Å². The molecule has 2 rings (SSSR count). The van der Waals surface area contributed by atoms with E-state index in [9.17, 15) is 0 Å². The third-order valence-electron chi connectivity index (χ3n) is 2.97. The lowest BCUT2D eigenvalue weighted by molar-refractivity contribution is 0.397. The molecule has 3 nitrogen and oxygen atoms in total. The van der Waals surface area contributed by atoms with Crippen LogP contribution in [0, 0.1) is 0 Å². The average molecular weight is 321 g/mol. The van der Waals surface area contributed by atoms with Crippen LogP contribution in [-0.2, 0) is 6.54 Å². The molecule has 0 aliphatic carbocycles. The molecule has 0 saturated heterocycles. The number of benzene rings is 1. The lowest BCUT2D eigenvalue weighted by Crippen LogP contribution is -2.18. The molecule has 1 heterocycles. The topological polar surface area (TPSA) is 34.1 Å². The summed E-state index contributed by atoms with van der Waals surface area (Å²) in [6.07, 6.45) is 1.76. The average Bonchev–Trinajstić information content (AvgIpc) is 2.45. The second-order valence-electron chi connectivity index (χ2n) is 4.36. The fourth-order valence-corrected chi connectivity index (χ4v) is 2.25. The zero-order valence-corrected chi connectivity index (χ0v) is 12.6. The molecule has 1 aromatic carbocycles. The van der Waals surface area contributed by atoms with Gasteiger partial charge in [0.25, 0.3) is 0 Å². The Bertz CT molecular complexity index is 545. The minimum absolute atomic E-state index is 0.289. The standard InChI is InChI=1S/C15H17BrN2O/c1-11(13-4-3-5-14(16)9-13)18-10-12-6-7-17-15(8-12)19-2/h3-9,11,18H,10H2,1-2H3. The van der Waals surface area contributed by atoms with E-state index in [2.05, 4.69) is 45.3 Å². The van der Waals surface area contributed by atoms with Crippen molar-refractivity contribution >= 4 is 15.9 Å². The Morgan fingerprint density at radius 3 is 2.89 bits per heavy atom. The van der Waals surface area contributed by atoms with Gasteiger partial charge >= 0.3 is 0 Å². The maximum Gasteiger partial charge on any atom is 0.213 e. The van der Waals surface area contributed by atoms with Crippen LogP contribution >= 0.6 is 15.9 Å². The van der Waals surface area contributed by atoms with Crippen LogP contribution in [0.5, 0.6) is 5.88 Å². The maximum atomic E-state index is 5.12. The first-order chi connectivity index (χ1) is 9.19. The van der Waals surface area contributed by atoms with Gasteiger partial charge in [-0.3, -0.25) is 0 Å². The number of halogens is 1. The summed E-state index contributed by atoms with van der Waals surface area (Å²) >= 11 is 3.49. The number of rotatable bonds is 5. The van der Waals surface area contributed by atoms with Crippen molar-refractivity contribution in [2.75, 3.05) is 7.11 Å². The lowest BCUT2D eigenvalue weighted by atomic mass is 10.1. The Hall–Kier alpha value is -1.39. The fourth-order valence-electron chi connectivity index (χ4n) is 1.84. The number of hydrogen-bond acceptors (Lipinski definition) is 3. The van der Waals surface area contributed by atoms with Crippen molar-refractivity contribution < 1.29 is 4.74 Å². The Morgan fingerprint density at radius 2 is 2.16 bits per heavy atom. The van der Waals surface area contributed by atoms with Gasteiger partial charge in [0.05, 0.1) is 7.11 Å². The van der Waals surface area contributed by atoms with Gasteiger partial charge in [-0.15, -0.1) is 0 Å². The number of hydrogen-bond donors (Lipinski definition) is 1. The van der Waals surface area contributed by atoms with Crippen molar-refractivity contribution in [3.63, 3.8) is 0 Å². The largest absolute Gasteiger partial charge is 0.481 e. The third kappa shape index (κ3) is 4.04. The fraction of sp³-hybridized carbons (Fsp3) is 0.267. The minimum Gasteiger partial charge on any atom is -0.481 e. The van der Waals surface area contributed by atoms with Crippen LogP contribution in [0.25, 0.3) is 0 Å². The summed E-state index contributed by atoms with van der Waals surface area (Å²) in [4.78, 5) is 4.10. The van der Waals surface area contributed by atoms with E-state index >= 15 is 0 Å². The van der Waals surface area contributed by atoms with E-state index in [-0.39, 0.29) is 6.04 Å². The van der Waals surface area contributed by atoms with Crippen LogP contribution in [0.2, 0.25) is 0 Å². The van der Waals surface area contributed by atoms with Crippen molar-refractivity contribution in [3.8, 4) is 5.88 Å². The molecular formula is C15H17BrN2O. The monoisotopic (exact) mass is 320 g/mol. The van der Waals surface area contributed by atoms with E-state index in [0.717, 1.165) is 16.6 Å². The predicted octanol–water partition coefficient (Wildman–Crippen LogP) is 3.70. The van der Waals surface area contributed by atoms with Crippen LogP contribution in [0.15, 0.2) is 47.1 Å². The molecule has 0 spiro atoms. The smallest absolute Gasteiger partial charge is 0.213 e. The first-order valence-electron chi connectivity index (χ1n) is 6.17. The molecule has 0 aliphatic rings. The molecule has 1 N–H and O–H groups in total. The third-order valence-corrected chi connectivity index (χ3v) is 3.46. The summed E-state index contributed by atoms with van der Waals surface area (Å²) in [5.74, 6) is 0.648. The van der Waals surface area contributed by atoms with Gasteiger partial charge in [0, 0.05) is 29.3 Å². The highest BCUT2D eigenvalue weighted by molar-refractivity contribution is 9.10. The molecule has 100 valence electrons. The summed E-state index contributed by atoms with van der Waals surface area (Å²) in [5.41, 5.74) is 2.42. The molecule has 0 radical (unpaired) electrons. The second kappa shape index (κ2) is 6.68. The highest BCUT2D eigenvalue weighted by Crippen LogP contribution is 2.18. The number of methoxy groups -OCH3 is 1. The van der Waals surface area contributed by atoms with Crippen molar-refractivity contribution in [1.29, 1.82) is 0 Å². The summed E-state index contributed by atoms with van der Waals surface area (Å²) < 4.78 is 6.22. The molecule has 1 unspecified atom stereocenters. The molecule has 0 fully saturated rings. The zero-order chi connectivity index (χ0) is 13.7. The van der Waals surface area contributed by atoms with E-state index in [0.29, 0.717) is 5.88 Å². The van der Waals surface area contributed by atoms with Gasteiger partial charge in [0.2, 0.25) is 5.88 Å². The molecule has 0 bridgehead atoms. The van der Waals surface area contributed by atoms with E-state index in [1.807, 2.05) is 24.3 Å². The molecule has 0 saturated carbocycles. The highest BCUT2D eigenvalue weighted by atomic mass is 79.9. The van der Waals surface area contributed by atoms with E-state index in [1.54, 1.807) is 13.3 Å². The molecule has 0 aliphatic heterocycles. The van der Waals surface area contributed by atoms with Gasteiger partial charge < -0.3 is 10.1 Å². The first-order valence-corrected chi connectivity index (χ1v) is 6.96. The highest BCUT2D eigenvalue weighted by Gasteiger charge is 2.05. The zero-order valence-electron chi connectivity index (χ0n) is 11.1. The normalized spacial score (nSPS) is 12.2. The predicted molar refractivity (Wildman–Crippen MR) is 80.2 cm³/mol. The summed E-state index contributed by atoms with van der Waals surface area (Å²) in [6.45, 7) is 2.94. The van der Waals surface area contributed by atoms with E-state index in [1.165, 1.54) is 5.56 Å². The Morgan fingerprint density at radius 1 is 1.32 bits per heavy atom. The summed E-state index contributed by atoms with van der Waals surface area (Å²) in [7, 11) is 1.63. The summed E-state index contributed by atoms with van der Waals surface area (Å²) in [5, 5.41) is 3.49. The number of aromatic nitrogens is 1. The molecule has 2 aromatic rings. The number of nitrogens with one attached hydrogen (secondary N) is 1. The van der Waals surface area contributed by atoms with Crippen molar-refractivity contribution in [2.24, 2.45) is 0 Å². The van der Waals surface area contributed by atoms with Gasteiger partial charge in [0.15, 0.2) is 0 Å². The molecule has 1 aromatic heterocycles. The van der Waals surface area contributed by atoms with Gasteiger partial charge in [-0.2, -0.15) is 0 Å².